The molecule has 26 N–H and O–H groups in total. The van der Waals surface area contributed by atoms with Gasteiger partial charge in [0.15, 0.2) is 37.7 Å². The lowest BCUT2D eigenvalue weighted by Crippen LogP contribution is -2.71. The molecule has 0 aromatic carbocycles. The van der Waals surface area contributed by atoms with E-state index in [2.05, 4.69) is 21.3 Å². The summed E-state index contributed by atoms with van der Waals surface area (Å²) in [5.74, 6) is -8.64. The fourth-order valence-corrected chi connectivity index (χ4v) is 13.5. The Morgan fingerprint density at radius 3 is 1.38 bits per heavy atom. The van der Waals surface area contributed by atoms with Crippen molar-refractivity contribution in [1.82, 2.24) is 21.3 Å². The van der Waals surface area contributed by atoms with Crippen LogP contribution in [0.2, 0.25) is 0 Å². The number of aliphatic hydroxyl groups is 21. The summed E-state index contributed by atoms with van der Waals surface area (Å²) >= 11 is 0. The van der Waals surface area contributed by atoms with Crippen molar-refractivity contribution in [3.05, 3.63) is 0 Å². The van der Waals surface area contributed by atoms with Gasteiger partial charge in [0.2, 0.25) is 23.6 Å². The molecule has 8 heterocycles. The first-order valence-electron chi connectivity index (χ1n) is 33.5. The largest absolute Gasteiger partial charge is 0.477 e. The zero-order valence-electron chi connectivity index (χ0n) is 56.9. The Kier molecular flexibility index (Phi) is 30.7. The fourth-order valence-electron chi connectivity index (χ4n) is 13.5. The third-order valence-electron chi connectivity index (χ3n) is 19.1. The van der Waals surface area contributed by atoms with Crippen LogP contribution in [0.5, 0.6) is 0 Å². The van der Waals surface area contributed by atoms with E-state index in [1.54, 1.807) is 0 Å². The van der Waals surface area contributed by atoms with Crippen molar-refractivity contribution in [1.29, 1.82) is 0 Å². The number of carbonyl (C=O) groups excluding carboxylic acids is 4. The number of amides is 4. The summed E-state index contributed by atoms with van der Waals surface area (Å²) < 4.78 is 87.9. The van der Waals surface area contributed by atoms with Crippen LogP contribution in [0.1, 0.15) is 41.0 Å². The van der Waals surface area contributed by atoms with Gasteiger partial charge in [-0.05, 0) is 6.92 Å². The summed E-state index contributed by atoms with van der Waals surface area (Å²) in [5, 5.41) is 251. The molecule has 0 spiro atoms. The van der Waals surface area contributed by atoms with Crippen molar-refractivity contribution in [2.24, 2.45) is 0 Å². The van der Waals surface area contributed by atoms with Crippen LogP contribution in [-0.4, -0.2) is 440 Å². The van der Waals surface area contributed by atoms with Gasteiger partial charge in [-0.1, -0.05) is 0 Å². The smallest absolute Gasteiger partial charge is 0.364 e. The predicted octanol–water partition coefficient (Wildman–Crippen LogP) is -17.0. The monoisotopic (exact) mass is 1530 g/mol. The lowest BCUT2D eigenvalue weighted by Gasteiger charge is -2.51. The average Bonchev–Trinajstić information content (AvgIpc) is 0.763. The lowest BCUT2D eigenvalue weighted by molar-refractivity contribution is -0.390. The Morgan fingerprint density at radius 1 is 0.429 bits per heavy atom. The van der Waals surface area contributed by atoms with Crippen molar-refractivity contribution < 1.29 is 207 Å². The number of hydrogen-bond acceptors (Lipinski definition) is 41. The number of ether oxygens (including phenoxy) is 15. The summed E-state index contributed by atoms with van der Waals surface area (Å²) in [5.41, 5.74) is 0. The Morgan fingerprint density at radius 2 is 0.857 bits per heavy atom. The number of aliphatic hydroxyl groups excluding tert-OH is 21. The molecule has 105 heavy (non-hydrogen) atoms. The van der Waals surface area contributed by atoms with Gasteiger partial charge in [-0.2, -0.15) is 0 Å². The van der Waals surface area contributed by atoms with Crippen molar-refractivity contribution in [2.45, 2.75) is 286 Å². The molecule has 0 saturated carbocycles. The van der Waals surface area contributed by atoms with Gasteiger partial charge in [-0.15, -0.1) is 0 Å². The number of nitrogens with one attached hydrogen (secondary N) is 4. The minimum Gasteiger partial charge on any atom is -0.477 e. The van der Waals surface area contributed by atoms with Gasteiger partial charge in [0.1, 0.15) is 177 Å². The van der Waals surface area contributed by atoms with Gasteiger partial charge < -0.3 is 205 Å². The average molecular weight is 1540 g/mol. The minimum absolute atomic E-state index is 0.370. The predicted molar refractivity (Wildman–Crippen MR) is 325 cm³/mol. The standard InChI is InChI=1S/C59H98N4O42/c1-15-32(75)40(83)43(86)54(94-15)92-14-28-48(33(76)20(12-91-28)60-16(2)69)100-52-30(62-18(4)71)38(81)46(25(10-67)97-52)101-55-44(87)41(84)36(79)27(99-55)13-93-57-51(42(85)35(78)23(8-65)96-57)103-53-31(63-19(5)72)39(82)47(26(11-68)98-53)102-56-45(88)50(37(80)24(9-66)95-56)105-59(58(89)90)6-21(73)29(61-17(3)70)49(104-59)34(77)22(74)7-64/h15,20-57,64-68,73-88H,6-14H2,1-5H3,(H,60,69)(H,61,70)(H,62,71)(H,63,72)(H,89,90)/t15-,20-,21-,22+,23+,24+,25+,26+,27+,28+,29+,30+,31+,32+,33+,34+,35+,36+,37-,38+,39+,40+,41-,42-,43-,44-,45+,46+,47+,48+,49+,50-,51-,52-,53-,54-,55-,56-,57+,59-/m0/s1. The van der Waals surface area contributed by atoms with Crippen LogP contribution in [0, 0.1) is 0 Å². The molecule has 8 rings (SSSR count). The van der Waals surface area contributed by atoms with Crippen LogP contribution < -0.4 is 21.3 Å². The first-order valence-corrected chi connectivity index (χ1v) is 33.5. The molecule has 0 radical (unpaired) electrons. The topological polar surface area (TPSA) is 717 Å². The highest BCUT2D eigenvalue weighted by molar-refractivity contribution is 5.77. The molecule has 46 heteroatoms. The molecule has 8 fully saturated rings. The van der Waals surface area contributed by atoms with E-state index in [4.69, 9.17) is 71.1 Å². The van der Waals surface area contributed by atoms with Gasteiger partial charge in [0, 0.05) is 34.1 Å². The minimum atomic E-state index is -3.24. The van der Waals surface area contributed by atoms with Crippen LogP contribution >= 0.6 is 0 Å². The van der Waals surface area contributed by atoms with E-state index in [9.17, 15) is 136 Å². The Labute approximate surface area is 595 Å². The van der Waals surface area contributed by atoms with E-state index in [-0.39, 0.29) is 6.61 Å². The van der Waals surface area contributed by atoms with Gasteiger partial charge in [-0.25, -0.2) is 4.79 Å². The summed E-state index contributed by atoms with van der Waals surface area (Å²) in [6, 6.07) is -6.62. The quantitative estimate of drug-likeness (QED) is 0.0346. The third kappa shape index (κ3) is 19.4. The highest BCUT2D eigenvalue weighted by Crippen LogP contribution is 2.41. The molecular weight excluding hydrogens is 1440 g/mol. The van der Waals surface area contributed by atoms with Gasteiger partial charge in [0.05, 0.1) is 77.1 Å². The van der Waals surface area contributed by atoms with Gasteiger partial charge in [0.25, 0.3) is 5.79 Å². The zero-order valence-corrected chi connectivity index (χ0v) is 56.9. The molecular formula is C59H98N4O42. The lowest BCUT2D eigenvalue weighted by atomic mass is 9.88. The number of hydrogen-bond donors (Lipinski definition) is 26. The molecule has 46 nitrogen and oxygen atoms in total. The highest BCUT2D eigenvalue weighted by atomic mass is 16.8. The van der Waals surface area contributed by atoms with Crippen LogP contribution in [0.3, 0.4) is 0 Å². The van der Waals surface area contributed by atoms with Crippen LogP contribution in [0.15, 0.2) is 0 Å². The molecule has 0 bridgehead atoms. The second-order valence-corrected chi connectivity index (χ2v) is 26.7. The van der Waals surface area contributed by atoms with E-state index >= 15 is 0 Å². The van der Waals surface area contributed by atoms with Crippen LogP contribution in [-0.2, 0) is 95.0 Å². The molecule has 0 aliphatic carbocycles. The number of carboxylic acid groups (broad SMARTS) is 1. The molecule has 4 amide bonds. The molecule has 0 unspecified atom stereocenters. The van der Waals surface area contributed by atoms with E-state index in [0.29, 0.717) is 0 Å². The normalized spacial score (nSPS) is 46.8. The molecule has 0 aromatic rings. The molecule has 40 atom stereocenters. The van der Waals surface area contributed by atoms with E-state index in [1.165, 1.54) is 6.92 Å². The molecule has 8 aliphatic rings. The summed E-state index contributed by atoms with van der Waals surface area (Å²) in [7, 11) is 0. The van der Waals surface area contributed by atoms with E-state index in [0.717, 1.165) is 27.7 Å². The number of rotatable bonds is 28. The van der Waals surface area contributed by atoms with Crippen molar-refractivity contribution in [2.75, 3.05) is 52.9 Å². The molecule has 606 valence electrons. The van der Waals surface area contributed by atoms with Gasteiger partial charge >= 0.3 is 5.97 Å². The SMILES string of the molecule is CC(=O)N[C@H]1[C@H](O[C@H]2[C@H](O)[C@@H](NC(C)=O)CO[C@@H]2CO[C@H]2O[C@@H](C)[C@@H](O)[C@@H](O)[C@@H]2O)O[C@H](CO)[C@@H](O[C@@H]2O[C@H](CO[C@@H]3O[C@H](CO)[C@@H](O)[C@H](O)[C@@H]3O[C@@H]3O[C@H](CO)[C@@H](O[C@@H]4O[C@H](CO)[C@H](O)[C@H](O[C@]5(C(=O)O)C[C@H](O)[C@@H](NC(C)=O)[C@H]([C@H](O)[C@H](O)CO)O5)[C@H]4O)[C@H](O)[C@H]3NC(C)=O)[C@@H](O)[C@H](O)[C@@H]2O)[C@@H]1O. The third-order valence-corrected chi connectivity index (χ3v) is 19.1. The second-order valence-electron chi connectivity index (χ2n) is 26.7. The maximum absolute atomic E-state index is 13.1. The molecule has 8 aliphatic heterocycles. The molecule has 8 saturated heterocycles. The zero-order chi connectivity index (χ0) is 77.7. The summed E-state index contributed by atoms with van der Waals surface area (Å²) in [4.78, 5) is 63.2. The summed E-state index contributed by atoms with van der Waals surface area (Å²) in [6.45, 7) is -2.22. The Balaban J connectivity index is 0.983. The van der Waals surface area contributed by atoms with Gasteiger partial charge in [-0.3, -0.25) is 19.2 Å². The van der Waals surface area contributed by atoms with Crippen molar-refractivity contribution >= 4 is 29.6 Å². The van der Waals surface area contributed by atoms with E-state index in [1.807, 2.05) is 0 Å². The first kappa shape index (κ1) is 86.5. The van der Waals surface area contributed by atoms with E-state index < -0.39 is 327 Å². The Hall–Kier alpha value is -4.09. The van der Waals surface area contributed by atoms with Crippen LogP contribution in [0.4, 0.5) is 0 Å². The van der Waals surface area contributed by atoms with Crippen LogP contribution in [0.25, 0.3) is 0 Å². The maximum atomic E-state index is 13.1. The second kappa shape index (κ2) is 37.3. The fraction of sp³-hybridized carbons (Fsp3) is 0.915. The number of carboxylic acids is 1. The maximum Gasteiger partial charge on any atom is 0.364 e. The van der Waals surface area contributed by atoms with Crippen molar-refractivity contribution in [3.63, 3.8) is 0 Å². The first-order chi connectivity index (χ1) is 49.5. The molecule has 0 aromatic heterocycles. The van der Waals surface area contributed by atoms with Crippen molar-refractivity contribution in [3.8, 4) is 0 Å². The Bertz CT molecular complexity index is 2820. The number of carbonyl (C=O) groups is 5. The highest BCUT2D eigenvalue weighted by Gasteiger charge is 2.62. The summed E-state index contributed by atoms with van der Waals surface area (Å²) in [6.07, 6.45) is -70.4. The number of aliphatic carboxylic acids is 1.